The fourth-order valence-electron chi connectivity index (χ4n) is 14.9. The first-order chi connectivity index (χ1) is 34.6. The Hall–Kier alpha value is -7.66. The van der Waals surface area contributed by atoms with E-state index in [0.717, 1.165) is 37.1 Å². The van der Waals surface area contributed by atoms with Crippen LogP contribution in [0.3, 0.4) is 0 Å². The number of hydrogen-bond acceptors (Lipinski definition) is 4. The molecule has 2 saturated carbocycles. The molecular weight excluding hydrogens is 861 g/mol. The molecule has 0 bridgehead atoms. The number of rotatable bonds is 6. The topological polar surface area (TPSA) is 54.1 Å². The SMILES string of the molecule is CC12CCCCC1(C)N(c1ccc(C#N)cc1)c1ccc(-c3ccc4c(c3)C(c3ccccc3)(c3ccccc3)c3cc(-c5ccc6c(c5)C5(C)CCCCC5(C)N6c5ccc(C#N)cc5)ccc3-4)cc12. The average molecular weight is 919 g/mol. The minimum absolute atomic E-state index is 0.0434. The van der Waals surface area contributed by atoms with Gasteiger partial charge in [-0.05, 0) is 191 Å². The van der Waals surface area contributed by atoms with Crippen molar-refractivity contribution < 1.29 is 0 Å². The monoisotopic (exact) mass is 918 g/mol. The van der Waals surface area contributed by atoms with Gasteiger partial charge in [-0.2, -0.15) is 10.5 Å². The Labute approximate surface area is 419 Å². The maximum absolute atomic E-state index is 9.65. The highest BCUT2D eigenvalue weighted by atomic mass is 15.3. The van der Waals surface area contributed by atoms with E-state index >= 15 is 0 Å². The second-order valence-electron chi connectivity index (χ2n) is 22.1. The van der Waals surface area contributed by atoms with Gasteiger partial charge in [-0.1, -0.05) is 137 Å². The first-order valence-corrected chi connectivity index (χ1v) is 25.9. The second kappa shape index (κ2) is 15.7. The molecule has 346 valence electrons. The van der Waals surface area contributed by atoms with Crippen molar-refractivity contribution in [3.05, 3.63) is 226 Å². The van der Waals surface area contributed by atoms with E-state index in [0.29, 0.717) is 11.1 Å². The molecule has 8 aromatic carbocycles. The van der Waals surface area contributed by atoms with Gasteiger partial charge in [0.15, 0.2) is 0 Å². The van der Waals surface area contributed by atoms with Gasteiger partial charge < -0.3 is 9.80 Å². The predicted molar refractivity (Wildman–Crippen MR) is 290 cm³/mol. The first kappa shape index (κ1) is 43.4. The Bertz CT molecular complexity index is 3290. The molecule has 8 aromatic rings. The molecule has 4 heteroatoms. The van der Waals surface area contributed by atoms with Crippen LogP contribution in [0.4, 0.5) is 22.7 Å². The molecule has 0 radical (unpaired) electrons. The molecule has 2 fully saturated rings. The summed E-state index contributed by atoms with van der Waals surface area (Å²) in [7, 11) is 0. The number of benzene rings is 8. The molecule has 71 heavy (non-hydrogen) atoms. The van der Waals surface area contributed by atoms with Crippen molar-refractivity contribution in [3.63, 3.8) is 0 Å². The summed E-state index contributed by atoms with van der Waals surface area (Å²) < 4.78 is 0. The van der Waals surface area contributed by atoms with Crippen molar-refractivity contribution in [2.75, 3.05) is 9.80 Å². The van der Waals surface area contributed by atoms with E-state index in [4.69, 9.17) is 0 Å². The van der Waals surface area contributed by atoms with E-state index in [2.05, 4.69) is 207 Å². The molecule has 0 saturated heterocycles. The van der Waals surface area contributed by atoms with E-state index in [1.807, 2.05) is 24.3 Å². The van der Waals surface area contributed by atoms with Gasteiger partial charge in [-0.3, -0.25) is 0 Å². The van der Waals surface area contributed by atoms with Gasteiger partial charge in [0, 0.05) is 33.6 Å². The zero-order chi connectivity index (χ0) is 48.3. The van der Waals surface area contributed by atoms with Crippen LogP contribution in [0.25, 0.3) is 33.4 Å². The van der Waals surface area contributed by atoms with Crippen LogP contribution in [0, 0.1) is 22.7 Å². The number of nitrogens with zero attached hydrogens (tertiary/aromatic N) is 4. The zero-order valence-electron chi connectivity index (χ0n) is 41.3. The van der Waals surface area contributed by atoms with Gasteiger partial charge in [0.25, 0.3) is 0 Å². The predicted octanol–water partition coefficient (Wildman–Crippen LogP) is 16.6. The minimum Gasteiger partial charge on any atom is -0.334 e. The third-order valence-corrected chi connectivity index (χ3v) is 18.9. The molecule has 0 amide bonds. The lowest BCUT2D eigenvalue weighted by Crippen LogP contribution is -2.54. The Kier molecular flexibility index (Phi) is 9.57. The summed E-state index contributed by atoms with van der Waals surface area (Å²) in [5.74, 6) is 0. The molecule has 2 aliphatic heterocycles. The maximum Gasteiger partial charge on any atom is 0.0991 e. The van der Waals surface area contributed by atoms with Crippen molar-refractivity contribution >= 4 is 22.7 Å². The van der Waals surface area contributed by atoms with Gasteiger partial charge in [0.1, 0.15) is 0 Å². The molecule has 4 atom stereocenters. The van der Waals surface area contributed by atoms with Gasteiger partial charge in [-0.15, -0.1) is 0 Å². The molecule has 3 aliphatic carbocycles. The van der Waals surface area contributed by atoms with Crippen LogP contribution in [0.1, 0.15) is 124 Å². The molecule has 13 rings (SSSR count). The molecule has 0 aromatic heterocycles. The number of hydrogen-bond donors (Lipinski definition) is 0. The summed E-state index contributed by atoms with van der Waals surface area (Å²) in [5.41, 5.74) is 20.9. The summed E-state index contributed by atoms with van der Waals surface area (Å²) in [6.07, 6.45) is 9.35. The summed E-state index contributed by atoms with van der Waals surface area (Å²) in [5, 5.41) is 19.3. The molecule has 0 N–H and O–H groups in total. The standard InChI is InChI=1S/C67H58N4/c1-63-35-11-13-37-65(63,3)70(53-27-19-45(43-68)20-28-53)61-33-25-49(41-59(61)63)47-23-31-55-56-32-24-48(40-58(56)67(57(55)39-47,51-15-7-5-8-16-51)52-17-9-6-10-18-52)50-26-34-62-60(42-50)64(2)36-12-14-38-66(64,4)71(62)54-29-21-46(44-69)22-30-54/h5-10,15-34,39-42H,11-14,35-38H2,1-4H3. The zero-order valence-corrected chi connectivity index (χ0v) is 41.3. The minimum atomic E-state index is -0.576. The van der Waals surface area contributed by atoms with Gasteiger partial charge >= 0.3 is 0 Å². The number of anilines is 4. The lowest BCUT2D eigenvalue weighted by molar-refractivity contribution is 0.195. The van der Waals surface area contributed by atoms with Crippen molar-refractivity contribution in [2.45, 2.75) is 106 Å². The Morgan fingerprint density at radius 1 is 0.380 bits per heavy atom. The van der Waals surface area contributed by atoms with E-state index < -0.39 is 5.41 Å². The lowest BCUT2D eigenvalue weighted by atomic mass is 9.61. The van der Waals surface area contributed by atoms with Crippen LogP contribution >= 0.6 is 0 Å². The van der Waals surface area contributed by atoms with Gasteiger partial charge in [0.05, 0.1) is 39.8 Å². The molecular formula is C67H58N4. The number of fused-ring (bicyclic) bond motifs is 9. The van der Waals surface area contributed by atoms with Gasteiger partial charge in [-0.25, -0.2) is 0 Å². The van der Waals surface area contributed by atoms with Crippen LogP contribution < -0.4 is 9.80 Å². The quantitative estimate of drug-likeness (QED) is 0.167. The Morgan fingerprint density at radius 3 is 1.11 bits per heavy atom. The highest BCUT2D eigenvalue weighted by molar-refractivity contribution is 5.91. The van der Waals surface area contributed by atoms with Crippen molar-refractivity contribution in [1.82, 2.24) is 0 Å². The summed E-state index contributed by atoms with van der Waals surface area (Å²) in [4.78, 5) is 5.19. The third kappa shape index (κ3) is 5.89. The van der Waals surface area contributed by atoms with Crippen LogP contribution in [-0.2, 0) is 16.2 Å². The fourth-order valence-corrected chi connectivity index (χ4v) is 14.9. The third-order valence-electron chi connectivity index (χ3n) is 18.9. The van der Waals surface area contributed by atoms with Crippen LogP contribution in [0.2, 0.25) is 0 Å². The summed E-state index contributed by atoms with van der Waals surface area (Å²) in [6.45, 7) is 9.96. The Morgan fingerprint density at radius 2 is 0.732 bits per heavy atom. The second-order valence-corrected chi connectivity index (χ2v) is 22.1. The van der Waals surface area contributed by atoms with E-state index in [9.17, 15) is 10.5 Å². The summed E-state index contributed by atoms with van der Waals surface area (Å²) in [6, 6.07) is 72.6. The maximum atomic E-state index is 9.65. The molecule has 0 spiro atoms. The Balaban J connectivity index is 0.970. The largest absolute Gasteiger partial charge is 0.334 e. The lowest BCUT2D eigenvalue weighted by Gasteiger charge is -2.50. The normalized spacial score (nSPS) is 24.1. The van der Waals surface area contributed by atoms with Crippen molar-refractivity contribution in [3.8, 4) is 45.5 Å². The van der Waals surface area contributed by atoms with Crippen molar-refractivity contribution in [1.29, 1.82) is 10.5 Å². The van der Waals surface area contributed by atoms with Gasteiger partial charge in [0.2, 0.25) is 0 Å². The first-order valence-electron chi connectivity index (χ1n) is 25.9. The molecule has 2 heterocycles. The smallest absolute Gasteiger partial charge is 0.0991 e. The fraction of sp³-hybridized carbons (Fsp3) is 0.254. The van der Waals surface area contributed by atoms with E-state index in [1.165, 1.54) is 104 Å². The van der Waals surface area contributed by atoms with Crippen LogP contribution in [0.5, 0.6) is 0 Å². The molecule has 4 nitrogen and oxygen atoms in total. The van der Waals surface area contributed by atoms with E-state index in [-0.39, 0.29) is 21.9 Å². The van der Waals surface area contributed by atoms with Crippen LogP contribution in [-0.4, -0.2) is 11.1 Å². The average Bonchev–Trinajstić information content (AvgIpc) is 3.91. The molecule has 5 aliphatic rings. The number of nitriles is 2. The van der Waals surface area contributed by atoms with E-state index in [1.54, 1.807) is 0 Å². The summed E-state index contributed by atoms with van der Waals surface area (Å²) >= 11 is 0. The van der Waals surface area contributed by atoms with Crippen LogP contribution in [0.15, 0.2) is 182 Å². The highest BCUT2D eigenvalue weighted by Crippen LogP contribution is 2.64. The highest BCUT2D eigenvalue weighted by Gasteiger charge is 2.59. The molecule has 4 unspecified atom stereocenters. The van der Waals surface area contributed by atoms with Crippen molar-refractivity contribution in [2.24, 2.45) is 0 Å².